The fourth-order valence-corrected chi connectivity index (χ4v) is 2.26. The topological polar surface area (TPSA) is 32.3 Å². The lowest BCUT2D eigenvalue weighted by molar-refractivity contribution is -0.131. The first-order valence-electron chi connectivity index (χ1n) is 4.20. The zero-order chi connectivity index (χ0) is 8.06. The molecule has 2 saturated heterocycles. The minimum Gasteiger partial charge on any atom is -0.323 e. The highest BCUT2D eigenvalue weighted by molar-refractivity contribution is 5.82. The molecule has 2 fully saturated rings. The van der Waals surface area contributed by atoms with Crippen LogP contribution in [-0.4, -0.2) is 29.6 Å². The molecule has 0 radical (unpaired) electrons. The Morgan fingerprint density at radius 1 is 1.73 bits per heavy atom. The second-order valence-electron chi connectivity index (χ2n) is 3.80. The van der Waals surface area contributed by atoms with Crippen molar-refractivity contribution in [3.05, 3.63) is 0 Å². The molecular formula is C8H14N2O. The van der Waals surface area contributed by atoms with Crippen molar-refractivity contribution in [2.75, 3.05) is 13.1 Å². The summed E-state index contributed by atoms with van der Waals surface area (Å²) >= 11 is 0. The summed E-state index contributed by atoms with van der Waals surface area (Å²) in [7, 11) is 0. The van der Waals surface area contributed by atoms with Crippen molar-refractivity contribution < 1.29 is 4.79 Å². The van der Waals surface area contributed by atoms with Gasteiger partial charge < -0.3 is 4.90 Å². The molecule has 0 spiro atoms. The molecule has 2 heterocycles. The van der Waals surface area contributed by atoms with Gasteiger partial charge in [0.1, 0.15) is 0 Å². The van der Waals surface area contributed by atoms with Gasteiger partial charge in [-0.1, -0.05) is 6.92 Å². The molecule has 3 nitrogen and oxygen atoms in total. The number of nitrogens with one attached hydrogen (secondary N) is 1. The molecule has 0 saturated carbocycles. The Hall–Kier alpha value is -0.570. The van der Waals surface area contributed by atoms with Crippen LogP contribution in [0.1, 0.15) is 20.3 Å². The van der Waals surface area contributed by atoms with E-state index in [0.29, 0.717) is 5.91 Å². The number of nitrogens with zero attached hydrogens (tertiary/aromatic N) is 1. The molecule has 2 atom stereocenters. The lowest BCUT2D eigenvalue weighted by Crippen LogP contribution is -2.44. The Morgan fingerprint density at radius 2 is 2.45 bits per heavy atom. The van der Waals surface area contributed by atoms with Crippen LogP contribution in [-0.2, 0) is 4.79 Å². The van der Waals surface area contributed by atoms with E-state index in [1.165, 1.54) is 0 Å². The van der Waals surface area contributed by atoms with E-state index in [4.69, 9.17) is 0 Å². The highest BCUT2D eigenvalue weighted by atomic mass is 16.2. The summed E-state index contributed by atoms with van der Waals surface area (Å²) in [6.07, 6.45) is 0.964. The molecule has 1 amide bonds. The zero-order valence-corrected chi connectivity index (χ0v) is 7.05. The van der Waals surface area contributed by atoms with Crippen molar-refractivity contribution in [1.29, 1.82) is 0 Å². The number of amides is 1. The Bertz CT molecular complexity index is 204. The van der Waals surface area contributed by atoms with Gasteiger partial charge in [0.05, 0.1) is 5.66 Å². The van der Waals surface area contributed by atoms with Crippen LogP contribution in [0.5, 0.6) is 0 Å². The molecular weight excluding hydrogens is 140 g/mol. The van der Waals surface area contributed by atoms with E-state index in [1.807, 2.05) is 11.8 Å². The standard InChI is InChI=1S/C8H14N2O/c1-6-5-8(2)9-3-4-10(8)7(6)11/h6,9H,3-5H2,1-2H3. The van der Waals surface area contributed by atoms with Crippen LogP contribution >= 0.6 is 0 Å². The van der Waals surface area contributed by atoms with Gasteiger partial charge in [0.15, 0.2) is 0 Å². The highest BCUT2D eigenvalue weighted by Crippen LogP contribution is 2.33. The van der Waals surface area contributed by atoms with Crippen LogP contribution in [0.25, 0.3) is 0 Å². The average molecular weight is 154 g/mol. The Labute approximate surface area is 66.8 Å². The fourth-order valence-electron chi connectivity index (χ4n) is 2.26. The van der Waals surface area contributed by atoms with Crippen LogP contribution in [0.2, 0.25) is 0 Å². The highest BCUT2D eigenvalue weighted by Gasteiger charge is 2.48. The summed E-state index contributed by atoms with van der Waals surface area (Å²) in [6, 6.07) is 0. The first kappa shape index (κ1) is 7.10. The van der Waals surface area contributed by atoms with Crippen molar-refractivity contribution in [1.82, 2.24) is 10.2 Å². The summed E-state index contributed by atoms with van der Waals surface area (Å²) in [4.78, 5) is 13.4. The zero-order valence-electron chi connectivity index (χ0n) is 7.05. The second kappa shape index (κ2) is 1.97. The summed E-state index contributed by atoms with van der Waals surface area (Å²) in [6.45, 7) is 5.96. The van der Waals surface area contributed by atoms with Crippen LogP contribution in [0.15, 0.2) is 0 Å². The summed E-state index contributed by atoms with van der Waals surface area (Å²) in [5.41, 5.74) is -0.0174. The molecule has 2 aliphatic rings. The smallest absolute Gasteiger partial charge is 0.227 e. The van der Waals surface area contributed by atoms with Gasteiger partial charge >= 0.3 is 0 Å². The number of fused-ring (bicyclic) bond motifs is 1. The molecule has 0 aromatic carbocycles. The first-order valence-corrected chi connectivity index (χ1v) is 4.20. The molecule has 2 unspecified atom stereocenters. The van der Waals surface area contributed by atoms with Gasteiger partial charge in [-0.15, -0.1) is 0 Å². The average Bonchev–Trinajstić information content (AvgIpc) is 2.36. The molecule has 0 aromatic heterocycles. The predicted octanol–water partition coefficient (Wildman–Crippen LogP) is 0.174. The third kappa shape index (κ3) is 0.805. The van der Waals surface area contributed by atoms with E-state index in [0.717, 1.165) is 19.5 Å². The second-order valence-corrected chi connectivity index (χ2v) is 3.80. The third-order valence-corrected chi connectivity index (χ3v) is 2.83. The van der Waals surface area contributed by atoms with E-state index in [-0.39, 0.29) is 11.6 Å². The number of hydrogen-bond acceptors (Lipinski definition) is 2. The normalized spacial score (nSPS) is 43.3. The van der Waals surface area contributed by atoms with E-state index in [1.54, 1.807) is 0 Å². The maximum atomic E-state index is 11.5. The Balaban J connectivity index is 2.28. The number of carbonyl (C=O) groups is 1. The predicted molar refractivity (Wildman–Crippen MR) is 41.9 cm³/mol. The molecule has 0 aromatic rings. The van der Waals surface area contributed by atoms with Gasteiger partial charge in [-0.05, 0) is 13.3 Å². The van der Waals surface area contributed by atoms with Gasteiger partial charge in [0.25, 0.3) is 0 Å². The number of carbonyl (C=O) groups excluding carboxylic acids is 1. The van der Waals surface area contributed by atoms with E-state index in [2.05, 4.69) is 12.2 Å². The summed E-state index contributed by atoms with van der Waals surface area (Å²) < 4.78 is 0. The fraction of sp³-hybridized carbons (Fsp3) is 0.875. The SMILES string of the molecule is CC1CC2(C)NCCN2C1=O. The Morgan fingerprint density at radius 3 is 3.09 bits per heavy atom. The summed E-state index contributed by atoms with van der Waals surface area (Å²) in [5, 5.41) is 3.36. The van der Waals surface area contributed by atoms with Crippen molar-refractivity contribution in [2.24, 2.45) is 5.92 Å². The molecule has 62 valence electrons. The maximum Gasteiger partial charge on any atom is 0.227 e. The largest absolute Gasteiger partial charge is 0.323 e. The van der Waals surface area contributed by atoms with E-state index < -0.39 is 0 Å². The molecule has 3 heteroatoms. The van der Waals surface area contributed by atoms with E-state index >= 15 is 0 Å². The number of hydrogen-bond donors (Lipinski definition) is 1. The molecule has 11 heavy (non-hydrogen) atoms. The number of rotatable bonds is 0. The van der Waals surface area contributed by atoms with Crippen molar-refractivity contribution in [2.45, 2.75) is 25.9 Å². The minimum atomic E-state index is -0.0174. The van der Waals surface area contributed by atoms with Crippen LogP contribution < -0.4 is 5.32 Å². The van der Waals surface area contributed by atoms with Crippen LogP contribution in [0, 0.1) is 5.92 Å². The van der Waals surface area contributed by atoms with Gasteiger partial charge in [0, 0.05) is 19.0 Å². The van der Waals surface area contributed by atoms with Crippen molar-refractivity contribution in [3.63, 3.8) is 0 Å². The van der Waals surface area contributed by atoms with E-state index in [9.17, 15) is 4.79 Å². The molecule has 2 aliphatic heterocycles. The molecule has 2 rings (SSSR count). The van der Waals surface area contributed by atoms with Crippen LogP contribution in [0.3, 0.4) is 0 Å². The monoisotopic (exact) mass is 154 g/mol. The molecule has 0 aliphatic carbocycles. The Kier molecular flexibility index (Phi) is 1.27. The maximum absolute atomic E-state index is 11.5. The van der Waals surface area contributed by atoms with Crippen molar-refractivity contribution in [3.8, 4) is 0 Å². The first-order chi connectivity index (χ1) is 5.13. The molecule has 0 bridgehead atoms. The lowest BCUT2D eigenvalue weighted by atomic mass is 10.0. The van der Waals surface area contributed by atoms with Gasteiger partial charge in [-0.3, -0.25) is 10.1 Å². The summed E-state index contributed by atoms with van der Waals surface area (Å²) in [5.74, 6) is 0.533. The lowest BCUT2D eigenvalue weighted by Gasteiger charge is -2.26. The van der Waals surface area contributed by atoms with Gasteiger partial charge in [0.2, 0.25) is 5.91 Å². The van der Waals surface area contributed by atoms with Crippen molar-refractivity contribution >= 4 is 5.91 Å². The van der Waals surface area contributed by atoms with Gasteiger partial charge in [-0.2, -0.15) is 0 Å². The van der Waals surface area contributed by atoms with Gasteiger partial charge in [-0.25, -0.2) is 0 Å². The quantitative estimate of drug-likeness (QED) is 0.539. The molecule has 1 N–H and O–H groups in total. The van der Waals surface area contributed by atoms with Crippen LogP contribution in [0.4, 0.5) is 0 Å². The third-order valence-electron chi connectivity index (χ3n) is 2.83. The minimum absolute atomic E-state index is 0.0174.